The van der Waals surface area contributed by atoms with Crippen molar-refractivity contribution in [2.24, 2.45) is 0 Å². The number of rotatable bonds is 8. The molecule has 2 N–H and O–H groups in total. The van der Waals surface area contributed by atoms with Crippen molar-refractivity contribution in [2.45, 2.75) is 6.42 Å². The van der Waals surface area contributed by atoms with Gasteiger partial charge in [-0.25, -0.2) is 8.42 Å². The lowest BCUT2D eigenvalue weighted by Crippen LogP contribution is -2.23. The van der Waals surface area contributed by atoms with E-state index in [4.69, 9.17) is 4.74 Å². The highest BCUT2D eigenvalue weighted by Crippen LogP contribution is 2.12. The van der Waals surface area contributed by atoms with Gasteiger partial charge in [0.25, 0.3) is 0 Å². The Morgan fingerprint density at radius 3 is 2.31 bits per heavy atom. The van der Waals surface area contributed by atoms with Gasteiger partial charge in [0.15, 0.2) is 0 Å². The van der Waals surface area contributed by atoms with Gasteiger partial charge in [-0.15, -0.1) is 0 Å². The third-order valence-electron chi connectivity index (χ3n) is 3.51. The number of amides is 1. The Morgan fingerprint density at radius 2 is 1.73 bits per heavy atom. The van der Waals surface area contributed by atoms with Crippen LogP contribution in [0.3, 0.4) is 0 Å². The molecule has 0 saturated heterocycles. The molecule has 0 unspecified atom stereocenters. The summed E-state index contributed by atoms with van der Waals surface area (Å²) in [7, 11) is -1.67. The first-order valence-electron chi connectivity index (χ1n) is 8.02. The summed E-state index contributed by atoms with van der Waals surface area (Å²) in [5.41, 5.74) is 2.40. The number of hydrogen-bond donors (Lipinski definition) is 2. The first-order chi connectivity index (χ1) is 12.4. The van der Waals surface area contributed by atoms with E-state index in [1.807, 2.05) is 24.3 Å². The number of anilines is 1. The van der Waals surface area contributed by atoms with E-state index in [1.165, 1.54) is 6.08 Å². The Kier molecular flexibility index (Phi) is 6.80. The van der Waals surface area contributed by atoms with Crippen LogP contribution in [0.1, 0.15) is 11.1 Å². The van der Waals surface area contributed by atoms with Gasteiger partial charge in [-0.2, -0.15) is 0 Å². The first-order valence-corrected chi connectivity index (χ1v) is 9.91. The molecule has 6 nitrogen and oxygen atoms in total. The summed E-state index contributed by atoms with van der Waals surface area (Å²) in [6.45, 7) is 0.534. The van der Waals surface area contributed by atoms with Crippen molar-refractivity contribution in [1.29, 1.82) is 0 Å². The fraction of sp³-hybridized carbons (Fsp3) is 0.211. The molecule has 138 valence electrons. The van der Waals surface area contributed by atoms with Crippen molar-refractivity contribution in [3.8, 4) is 5.75 Å². The molecule has 0 aromatic heterocycles. The number of carbonyl (C=O) groups is 1. The fourth-order valence-corrected chi connectivity index (χ4v) is 2.79. The van der Waals surface area contributed by atoms with Crippen LogP contribution in [0.2, 0.25) is 0 Å². The molecule has 0 aliphatic rings. The molecule has 7 heteroatoms. The normalized spacial score (nSPS) is 11.3. The summed E-state index contributed by atoms with van der Waals surface area (Å²) in [6.07, 6.45) is 4.95. The third kappa shape index (κ3) is 6.98. The highest BCUT2D eigenvalue weighted by molar-refractivity contribution is 7.92. The zero-order valence-corrected chi connectivity index (χ0v) is 15.5. The summed E-state index contributed by atoms with van der Waals surface area (Å²) >= 11 is 0. The van der Waals surface area contributed by atoms with Gasteiger partial charge in [0.1, 0.15) is 5.75 Å². The summed E-state index contributed by atoms with van der Waals surface area (Å²) in [5.74, 6) is 0.621. The van der Waals surface area contributed by atoms with E-state index >= 15 is 0 Å². The topological polar surface area (TPSA) is 84.5 Å². The average molecular weight is 374 g/mol. The van der Waals surface area contributed by atoms with Crippen molar-refractivity contribution in [3.63, 3.8) is 0 Å². The second-order valence-corrected chi connectivity index (χ2v) is 7.47. The minimum atomic E-state index is -3.29. The number of benzene rings is 2. The maximum atomic E-state index is 11.9. The molecular weight excluding hydrogens is 352 g/mol. The molecule has 0 radical (unpaired) electrons. The third-order valence-corrected chi connectivity index (χ3v) is 4.12. The van der Waals surface area contributed by atoms with Gasteiger partial charge in [-0.1, -0.05) is 24.3 Å². The van der Waals surface area contributed by atoms with Crippen molar-refractivity contribution in [2.75, 3.05) is 24.6 Å². The van der Waals surface area contributed by atoms with Crippen LogP contribution in [0.5, 0.6) is 5.75 Å². The zero-order chi connectivity index (χ0) is 19.0. The highest BCUT2D eigenvalue weighted by Gasteiger charge is 2.01. The quantitative estimate of drug-likeness (QED) is 0.695. The molecule has 0 atom stereocenters. The Morgan fingerprint density at radius 1 is 1.08 bits per heavy atom. The monoisotopic (exact) mass is 374 g/mol. The van der Waals surface area contributed by atoms with E-state index in [-0.39, 0.29) is 5.91 Å². The molecule has 2 aromatic rings. The number of carbonyl (C=O) groups excluding carboxylic acids is 1. The van der Waals surface area contributed by atoms with Gasteiger partial charge >= 0.3 is 0 Å². The second-order valence-electron chi connectivity index (χ2n) is 5.72. The Hall–Kier alpha value is -2.80. The Bertz CT molecular complexity index is 857. The molecule has 2 rings (SSSR count). The lowest BCUT2D eigenvalue weighted by atomic mass is 10.1. The molecule has 0 saturated carbocycles. The van der Waals surface area contributed by atoms with E-state index in [1.54, 1.807) is 37.5 Å². The molecule has 1 amide bonds. The van der Waals surface area contributed by atoms with Gasteiger partial charge in [0.2, 0.25) is 15.9 Å². The summed E-state index contributed by atoms with van der Waals surface area (Å²) < 4.78 is 29.8. The molecule has 0 heterocycles. The van der Waals surface area contributed by atoms with Crippen LogP contribution < -0.4 is 14.8 Å². The largest absolute Gasteiger partial charge is 0.497 e. The zero-order valence-electron chi connectivity index (χ0n) is 14.7. The highest BCUT2D eigenvalue weighted by atomic mass is 32.2. The van der Waals surface area contributed by atoms with Gasteiger partial charge in [0.05, 0.1) is 13.4 Å². The maximum Gasteiger partial charge on any atom is 0.244 e. The Balaban J connectivity index is 1.79. The van der Waals surface area contributed by atoms with E-state index < -0.39 is 10.0 Å². The van der Waals surface area contributed by atoms with Crippen LogP contribution in [0.25, 0.3) is 6.08 Å². The predicted octanol–water partition coefficient (Wildman–Crippen LogP) is 2.44. The number of methoxy groups -OCH3 is 1. The molecule has 26 heavy (non-hydrogen) atoms. The van der Waals surface area contributed by atoms with Gasteiger partial charge in [-0.05, 0) is 47.9 Å². The number of ether oxygens (including phenoxy) is 1. The van der Waals surface area contributed by atoms with Crippen LogP contribution in [-0.2, 0) is 21.2 Å². The van der Waals surface area contributed by atoms with Crippen LogP contribution in [0.4, 0.5) is 5.69 Å². The molecule has 0 aliphatic carbocycles. The Labute approximate surface area is 153 Å². The van der Waals surface area contributed by atoms with Crippen molar-refractivity contribution in [3.05, 3.63) is 65.7 Å². The molecule has 0 aliphatic heterocycles. The molecule has 0 fully saturated rings. The first kappa shape index (κ1) is 19.5. The van der Waals surface area contributed by atoms with Crippen molar-refractivity contribution in [1.82, 2.24) is 5.32 Å². The molecular formula is C19H22N2O4S. The van der Waals surface area contributed by atoms with Gasteiger partial charge < -0.3 is 10.1 Å². The van der Waals surface area contributed by atoms with Crippen LogP contribution in [0, 0.1) is 0 Å². The maximum absolute atomic E-state index is 11.9. The minimum Gasteiger partial charge on any atom is -0.497 e. The van der Waals surface area contributed by atoms with Crippen molar-refractivity contribution < 1.29 is 17.9 Å². The molecule has 0 bridgehead atoms. The number of hydrogen-bond acceptors (Lipinski definition) is 4. The minimum absolute atomic E-state index is 0.183. The van der Waals surface area contributed by atoms with E-state index in [0.717, 1.165) is 29.6 Å². The van der Waals surface area contributed by atoms with Crippen LogP contribution in [0.15, 0.2) is 54.6 Å². The van der Waals surface area contributed by atoms with Crippen molar-refractivity contribution >= 4 is 27.7 Å². The summed E-state index contributed by atoms with van der Waals surface area (Å²) in [5, 5.41) is 2.82. The average Bonchev–Trinajstić information content (AvgIpc) is 2.60. The smallest absolute Gasteiger partial charge is 0.244 e. The predicted molar refractivity (Wildman–Crippen MR) is 104 cm³/mol. The molecule has 0 spiro atoms. The van der Waals surface area contributed by atoms with Gasteiger partial charge in [0, 0.05) is 18.3 Å². The summed E-state index contributed by atoms with van der Waals surface area (Å²) in [6, 6.07) is 14.5. The molecule has 2 aromatic carbocycles. The fourth-order valence-electron chi connectivity index (χ4n) is 2.23. The second kappa shape index (κ2) is 9.05. The van der Waals surface area contributed by atoms with Crippen LogP contribution in [-0.4, -0.2) is 34.2 Å². The number of sulfonamides is 1. The SMILES string of the molecule is COc1ccc(CCNC(=O)/C=C/c2ccc(NS(C)(=O)=O)cc2)cc1. The summed E-state index contributed by atoms with van der Waals surface area (Å²) in [4.78, 5) is 11.9. The van der Waals surface area contributed by atoms with E-state index in [0.29, 0.717) is 12.2 Å². The number of nitrogens with one attached hydrogen (secondary N) is 2. The lowest BCUT2D eigenvalue weighted by Gasteiger charge is -2.05. The van der Waals surface area contributed by atoms with Gasteiger partial charge in [-0.3, -0.25) is 9.52 Å². The van der Waals surface area contributed by atoms with Crippen LogP contribution >= 0.6 is 0 Å². The van der Waals surface area contributed by atoms with E-state index in [9.17, 15) is 13.2 Å². The standard InChI is InChI=1S/C19H22N2O4S/c1-25-18-10-5-16(6-11-18)13-14-20-19(22)12-7-15-3-8-17(9-4-15)21-26(2,23)24/h3-12,21H,13-14H2,1-2H3,(H,20,22)/b12-7+. The lowest BCUT2D eigenvalue weighted by molar-refractivity contribution is -0.116. The van der Waals surface area contributed by atoms with E-state index in [2.05, 4.69) is 10.0 Å².